The number of pyridine rings is 1. The van der Waals surface area contributed by atoms with Gasteiger partial charge < -0.3 is 10.1 Å². The number of nitrogens with zero attached hydrogens (tertiary/aromatic N) is 5. The third-order valence-corrected chi connectivity index (χ3v) is 5.12. The predicted octanol–water partition coefficient (Wildman–Crippen LogP) is 2.36. The van der Waals surface area contributed by atoms with Crippen LogP contribution in [0.2, 0.25) is 0 Å². The molecule has 0 bridgehead atoms. The van der Waals surface area contributed by atoms with Gasteiger partial charge in [0.05, 0.1) is 12.1 Å². The van der Waals surface area contributed by atoms with Crippen molar-refractivity contribution in [1.82, 2.24) is 25.3 Å². The molecule has 1 atom stereocenters. The van der Waals surface area contributed by atoms with Crippen LogP contribution in [0.15, 0.2) is 79.1 Å². The van der Waals surface area contributed by atoms with E-state index in [0.29, 0.717) is 29.9 Å². The van der Waals surface area contributed by atoms with E-state index < -0.39 is 6.04 Å². The zero-order valence-corrected chi connectivity index (χ0v) is 18.2. The minimum absolute atomic E-state index is 0.0858. The summed E-state index contributed by atoms with van der Waals surface area (Å²) in [6.45, 7) is 0.587. The molecule has 0 aliphatic carbocycles. The highest BCUT2D eigenvalue weighted by molar-refractivity contribution is 6.01. The predicted molar refractivity (Wildman–Crippen MR) is 123 cm³/mol. The first kappa shape index (κ1) is 22.1. The van der Waals surface area contributed by atoms with Crippen molar-refractivity contribution in [2.75, 3.05) is 25.2 Å². The lowest BCUT2D eigenvalue weighted by Gasteiger charge is -2.31. The number of carbonyl (C=O) groups excluding carboxylic acids is 2. The van der Waals surface area contributed by atoms with Gasteiger partial charge in [0.1, 0.15) is 18.1 Å². The van der Waals surface area contributed by atoms with E-state index >= 15 is 0 Å². The van der Waals surface area contributed by atoms with Gasteiger partial charge in [0.25, 0.3) is 0 Å². The van der Waals surface area contributed by atoms with Crippen LogP contribution in [-0.4, -0.2) is 52.1 Å². The SMILES string of the molecule is COCCNC(=O)[C@@H](c1cccnc1)N(C(=O)Cn1nnc2ccccc21)c1ccccc1. The standard InChI is InChI=1S/C24H24N6O3/c1-33-15-14-26-24(32)23(18-8-7-13-25-16-18)30(19-9-3-2-4-10-19)22(31)17-29-21-12-6-5-11-20(21)27-28-29/h2-13,16,23H,14-15,17H2,1H3,(H,26,32)/t23-/m1/s1. The summed E-state index contributed by atoms with van der Waals surface area (Å²) in [5.74, 6) is -0.645. The number of fused-ring (bicyclic) bond motifs is 1. The number of rotatable bonds is 9. The Morgan fingerprint density at radius 2 is 1.85 bits per heavy atom. The molecule has 4 rings (SSSR count). The Morgan fingerprint density at radius 3 is 2.61 bits per heavy atom. The number of para-hydroxylation sites is 2. The first-order chi connectivity index (χ1) is 16.2. The largest absolute Gasteiger partial charge is 0.383 e. The van der Waals surface area contributed by atoms with E-state index in [9.17, 15) is 9.59 Å². The summed E-state index contributed by atoms with van der Waals surface area (Å²) in [6.07, 6.45) is 3.22. The molecule has 168 valence electrons. The van der Waals surface area contributed by atoms with Crippen molar-refractivity contribution < 1.29 is 14.3 Å². The van der Waals surface area contributed by atoms with Gasteiger partial charge in [-0.05, 0) is 30.3 Å². The van der Waals surface area contributed by atoms with Crippen LogP contribution < -0.4 is 10.2 Å². The van der Waals surface area contributed by atoms with Gasteiger partial charge in [-0.25, -0.2) is 4.68 Å². The van der Waals surface area contributed by atoms with E-state index in [0.717, 1.165) is 5.52 Å². The summed E-state index contributed by atoms with van der Waals surface area (Å²) in [5.41, 5.74) is 2.61. The molecular weight excluding hydrogens is 420 g/mol. The van der Waals surface area contributed by atoms with Crippen molar-refractivity contribution >= 4 is 28.5 Å². The van der Waals surface area contributed by atoms with E-state index in [4.69, 9.17) is 4.74 Å². The average molecular weight is 444 g/mol. The molecule has 4 aromatic rings. The quantitative estimate of drug-likeness (QED) is 0.398. The molecule has 0 saturated carbocycles. The van der Waals surface area contributed by atoms with Crippen molar-refractivity contribution in [2.24, 2.45) is 0 Å². The Bertz CT molecular complexity index is 1210. The number of hydrogen-bond acceptors (Lipinski definition) is 6. The zero-order valence-electron chi connectivity index (χ0n) is 18.2. The summed E-state index contributed by atoms with van der Waals surface area (Å²) in [7, 11) is 1.56. The van der Waals surface area contributed by atoms with Gasteiger partial charge in [0, 0.05) is 37.3 Å². The third-order valence-electron chi connectivity index (χ3n) is 5.12. The fourth-order valence-corrected chi connectivity index (χ4v) is 3.59. The molecular formula is C24H24N6O3. The summed E-state index contributed by atoms with van der Waals surface area (Å²) < 4.78 is 6.59. The second kappa shape index (κ2) is 10.5. The lowest BCUT2D eigenvalue weighted by molar-refractivity contribution is -0.127. The summed E-state index contributed by atoms with van der Waals surface area (Å²) in [5, 5.41) is 11.1. The molecule has 2 aromatic heterocycles. The molecule has 2 heterocycles. The van der Waals surface area contributed by atoms with Crippen LogP contribution in [-0.2, 0) is 20.9 Å². The highest BCUT2D eigenvalue weighted by Crippen LogP contribution is 2.28. The molecule has 0 aliphatic heterocycles. The Hall–Kier alpha value is -4.11. The van der Waals surface area contributed by atoms with Gasteiger partial charge in [-0.3, -0.25) is 19.5 Å². The lowest BCUT2D eigenvalue weighted by Crippen LogP contribution is -2.46. The zero-order chi connectivity index (χ0) is 23.0. The average Bonchev–Trinajstić information content (AvgIpc) is 3.26. The van der Waals surface area contributed by atoms with Crippen molar-refractivity contribution in [1.29, 1.82) is 0 Å². The van der Waals surface area contributed by atoms with Crippen LogP contribution >= 0.6 is 0 Å². The maximum atomic E-state index is 13.7. The Labute approximate surface area is 191 Å². The maximum Gasteiger partial charge on any atom is 0.249 e. The third kappa shape index (κ3) is 5.04. The molecule has 9 nitrogen and oxygen atoms in total. The summed E-state index contributed by atoms with van der Waals surface area (Å²) in [6, 6.07) is 19.1. The number of amides is 2. The van der Waals surface area contributed by atoms with Crippen LogP contribution in [0.4, 0.5) is 5.69 Å². The minimum atomic E-state index is -0.930. The van der Waals surface area contributed by atoms with Crippen LogP contribution in [0.25, 0.3) is 11.0 Å². The maximum absolute atomic E-state index is 13.7. The van der Waals surface area contributed by atoms with Crippen LogP contribution in [0.5, 0.6) is 0 Å². The van der Waals surface area contributed by atoms with E-state index in [2.05, 4.69) is 20.6 Å². The van der Waals surface area contributed by atoms with Crippen molar-refractivity contribution in [2.45, 2.75) is 12.6 Å². The molecule has 33 heavy (non-hydrogen) atoms. The summed E-state index contributed by atoms with van der Waals surface area (Å²) >= 11 is 0. The van der Waals surface area contributed by atoms with Gasteiger partial charge in [-0.2, -0.15) is 0 Å². The van der Waals surface area contributed by atoms with Crippen molar-refractivity contribution in [3.63, 3.8) is 0 Å². The van der Waals surface area contributed by atoms with E-state index in [1.807, 2.05) is 42.5 Å². The Morgan fingerprint density at radius 1 is 1.06 bits per heavy atom. The topological polar surface area (TPSA) is 102 Å². The Balaban J connectivity index is 1.73. The molecule has 0 unspecified atom stereocenters. The van der Waals surface area contributed by atoms with Crippen molar-refractivity contribution in [3.05, 3.63) is 84.7 Å². The minimum Gasteiger partial charge on any atom is -0.383 e. The molecule has 0 fully saturated rings. The van der Waals surface area contributed by atoms with Gasteiger partial charge in [0.2, 0.25) is 11.8 Å². The fraction of sp³-hybridized carbons (Fsp3) is 0.208. The van der Waals surface area contributed by atoms with E-state index in [1.165, 1.54) is 9.58 Å². The molecule has 9 heteroatoms. The van der Waals surface area contributed by atoms with Gasteiger partial charge >= 0.3 is 0 Å². The smallest absolute Gasteiger partial charge is 0.249 e. The number of aromatic nitrogens is 4. The molecule has 0 spiro atoms. The van der Waals surface area contributed by atoms with Gasteiger partial charge in [-0.1, -0.05) is 41.6 Å². The molecule has 2 aromatic carbocycles. The number of hydrogen-bond donors (Lipinski definition) is 1. The van der Waals surface area contributed by atoms with Crippen LogP contribution in [0.3, 0.4) is 0 Å². The van der Waals surface area contributed by atoms with Crippen LogP contribution in [0.1, 0.15) is 11.6 Å². The molecule has 0 saturated heterocycles. The Kier molecular flexibility index (Phi) is 7.01. The van der Waals surface area contributed by atoms with E-state index in [1.54, 1.807) is 43.8 Å². The summed E-state index contributed by atoms with van der Waals surface area (Å²) in [4.78, 5) is 32.7. The lowest BCUT2D eigenvalue weighted by atomic mass is 10.0. The molecule has 2 amide bonds. The number of anilines is 1. The molecule has 0 radical (unpaired) electrons. The van der Waals surface area contributed by atoms with Gasteiger partial charge in [-0.15, -0.1) is 5.10 Å². The number of benzene rings is 2. The molecule has 1 N–H and O–H groups in total. The second-order valence-electron chi connectivity index (χ2n) is 7.31. The van der Waals surface area contributed by atoms with Crippen molar-refractivity contribution in [3.8, 4) is 0 Å². The first-order valence-electron chi connectivity index (χ1n) is 10.5. The highest BCUT2D eigenvalue weighted by Gasteiger charge is 2.33. The normalized spacial score (nSPS) is 11.8. The fourth-order valence-electron chi connectivity index (χ4n) is 3.59. The molecule has 0 aliphatic rings. The second-order valence-corrected chi connectivity index (χ2v) is 7.31. The first-order valence-corrected chi connectivity index (χ1v) is 10.5. The number of carbonyl (C=O) groups is 2. The van der Waals surface area contributed by atoms with Crippen LogP contribution in [0, 0.1) is 0 Å². The highest BCUT2D eigenvalue weighted by atomic mass is 16.5. The van der Waals surface area contributed by atoms with E-state index in [-0.39, 0.29) is 18.4 Å². The monoisotopic (exact) mass is 444 g/mol. The number of methoxy groups -OCH3 is 1. The number of nitrogens with one attached hydrogen (secondary N) is 1. The number of ether oxygens (including phenoxy) is 1. The van der Waals surface area contributed by atoms with Gasteiger partial charge in [0.15, 0.2) is 0 Å².